The Morgan fingerprint density at radius 1 is 1.05 bits per heavy atom. The minimum absolute atomic E-state index is 0.835. The molecule has 0 aliphatic heterocycles. The number of nitrogen functional groups attached to an aromatic ring is 1. The van der Waals surface area contributed by atoms with Gasteiger partial charge in [-0.3, -0.25) is 0 Å². The summed E-state index contributed by atoms with van der Waals surface area (Å²) in [6.45, 7) is 6.51. The summed E-state index contributed by atoms with van der Waals surface area (Å²) < 4.78 is 1.03. The van der Waals surface area contributed by atoms with Gasteiger partial charge in [0.15, 0.2) is 0 Å². The summed E-state index contributed by atoms with van der Waals surface area (Å²) in [5.74, 6) is 0.962. The number of halogens is 1. The second kappa shape index (κ2) is 6.02. The Morgan fingerprint density at radius 2 is 1.68 bits per heavy atom. The fourth-order valence-electron chi connectivity index (χ4n) is 2.24. The van der Waals surface area contributed by atoms with Crippen LogP contribution in [-0.4, -0.2) is 0 Å². The summed E-state index contributed by atoms with van der Waals surface area (Å²) in [6, 6.07) is 10.6. The maximum Gasteiger partial charge on any atom is 0.0463 e. The molecule has 2 aromatic rings. The monoisotopic (exact) mass is 335 g/mol. The molecule has 0 atom stereocenters. The van der Waals surface area contributed by atoms with E-state index in [1.807, 2.05) is 12.1 Å². The molecule has 0 aliphatic rings. The van der Waals surface area contributed by atoms with Gasteiger partial charge in [0.2, 0.25) is 0 Å². The van der Waals surface area contributed by atoms with Crippen LogP contribution >= 0.6 is 27.7 Å². The van der Waals surface area contributed by atoms with Gasteiger partial charge >= 0.3 is 0 Å². The van der Waals surface area contributed by atoms with Crippen LogP contribution in [0.15, 0.2) is 39.7 Å². The third-order valence-electron chi connectivity index (χ3n) is 3.18. The molecule has 2 aromatic carbocycles. The first kappa shape index (κ1) is 14.5. The normalized spacial score (nSPS) is 10.7. The molecule has 0 aromatic heterocycles. The van der Waals surface area contributed by atoms with Crippen molar-refractivity contribution in [2.24, 2.45) is 0 Å². The summed E-state index contributed by atoms with van der Waals surface area (Å²) in [5, 5.41) is 0. The predicted molar refractivity (Wildman–Crippen MR) is 88.8 cm³/mol. The van der Waals surface area contributed by atoms with Gasteiger partial charge < -0.3 is 5.73 Å². The Balaban J connectivity index is 2.19. The molecule has 19 heavy (non-hydrogen) atoms. The highest BCUT2D eigenvalue weighted by molar-refractivity contribution is 9.10. The molecule has 0 aliphatic carbocycles. The van der Waals surface area contributed by atoms with Crippen molar-refractivity contribution in [1.82, 2.24) is 0 Å². The molecular weight excluding hydrogens is 318 g/mol. The highest BCUT2D eigenvalue weighted by Crippen LogP contribution is 2.32. The number of thioether (sulfide) groups is 1. The van der Waals surface area contributed by atoms with E-state index in [4.69, 9.17) is 5.73 Å². The van der Waals surface area contributed by atoms with Crippen molar-refractivity contribution in [3.05, 3.63) is 57.1 Å². The topological polar surface area (TPSA) is 26.0 Å². The minimum Gasteiger partial charge on any atom is -0.398 e. The van der Waals surface area contributed by atoms with Crippen molar-refractivity contribution in [3.8, 4) is 0 Å². The van der Waals surface area contributed by atoms with E-state index < -0.39 is 0 Å². The standard InChI is InChI=1S/C16H18BrNS/c1-10-6-11(2)14(12(3)7-10)9-19-16-5-4-13(17)8-15(16)18/h4-8H,9,18H2,1-3H3. The summed E-state index contributed by atoms with van der Waals surface area (Å²) >= 11 is 5.23. The van der Waals surface area contributed by atoms with Crippen molar-refractivity contribution >= 4 is 33.4 Å². The van der Waals surface area contributed by atoms with Gasteiger partial charge in [-0.25, -0.2) is 0 Å². The molecule has 2 N–H and O–H groups in total. The summed E-state index contributed by atoms with van der Waals surface area (Å²) in [6.07, 6.45) is 0. The van der Waals surface area contributed by atoms with E-state index in [9.17, 15) is 0 Å². The molecular formula is C16H18BrNS. The number of benzene rings is 2. The van der Waals surface area contributed by atoms with E-state index in [1.54, 1.807) is 11.8 Å². The zero-order chi connectivity index (χ0) is 14.0. The first-order chi connectivity index (χ1) is 8.97. The van der Waals surface area contributed by atoms with E-state index >= 15 is 0 Å². The number of hydrogen-bond acceptors (Lipinski definition) is 2. The second-order valence-corrected chi connectivity index (χ2v) is 6.78. The lowest BCUT2D eigenvalue weighted by molar-refractivity contribution is 1.21. The summed E-state index contributed by atoms with van der Waals surface area (Å²) in [5.41, 5.74) is 12.3. The van der Waals surface area contributed by atoms with Crippen LogP contribution in [0.4, 0.5) is 5.69 Å². The Labute approximate surface area is 127 Å². The molecule has 2 rings (SSSR count). The highest BCUT2D eigenvalue weighted by Gasteiger charge is 2.06. The molecule has 100 valence electrons. The van der Waals surface area contributed by atoms with Gasteiger partial charge in [-0.05, 0) is 55.7 Å². The van der Waals surface area contributed by atoms with Crippen molar-refractivity contribution in [2.75, 3.05) is 5.73 Å². The number of nitrogens with two attached hydrogens (primary N) is 1. The van der Waals surface area contributed by atoms with Crippen molar-refractivity contribution < 1.29 is 0 Å². The van der Waals surface area contributed by atoms with Gasteiger partial charge in [-0.1, -0.05) is 33.6 Å². The Morgan fingerprint density at radius 3 is 2.26 bits per heavy atom. The fraction of sp³-hybridized carbons (Fsp3) is 0.250. The van der Waals surface area contributed by atoms with Gasteiger partial charge in [0.25, 0.3) is 0 Å². The first-order valence-electron chi connectivity index (χ1n) is 6.22. The summed E-state index contributed by atoms with van der Waals surface area (Å²) in [4.78, 5) is 1.14. The Hall–Kier alpha value is -0.930. The van der Waals surface area contributed by atoms with Crippen LogP contribution in [0, 0.1) is 20.8 Å². The zero-order valence-electron chi connectivity index (χ0n) is 11.5. The van der Waals surface area contributed by atoms with Crippen LogP contribution in [0.3, 0.4) is 0 Å². The maximum atomic E-state index is 6.03. The third-order valence-corrected chi connectivity index (χ3v) is 4.79. The number of hydrogen-bond donors (Lipinski definition) is 1. The third kappa shape index (κ3) is 3.54. The van der Waals surface area contributed by atoms with Crippen LogP contribution in [-0.2, 0) is 5.75 Å². The lowest BCUT2D eigenvalue weighted by Crippen LogP contribution is -1.94. The molecule has 0 unspecified atom stereocenters. The number of anilines is 1. The molecule has 3 heteroatoms. The smallest absolute Gasteiger partial charge is 0.0463 e. The van der Waals surface area contributed by atoms with E-state index in [2.05, 4.69) is 54.9 Å². The Bertz CT molecular complexity index is 585. The van der Waals surface area contributed by atoms with E-state index in [1.165, 1.54) is 22.3 Å². The SMILES string of the molecule is Cc1cc(C)c(CSc2ccc(Br)cc2N)c(C)c1. The van der Waals surface area contributed by atoms with Crippen LogP contribution in [0.5, 0.6) is 0 Å². The fourth-order valence-corrected chi connectivity index (χ4v) is 3.76. The van der Waals surface area contributed by atoms with Gasteiger partial charge in [-0.15, -0.1) is 11.8 Å². The molecule has 0 bridgehead atoms. The highest BCUT2D eigenvalue weighted by atomic mass is 79.9. The average Bonchev–Trinajstić information content (AvgIpc) is 2.30. The van der Waals surface area contributed by atoms with Gasteiger partial charge in [0.1, 0.15) is 0 Å². The van der Waals surface area contributed by atoms with E-state index in [0.717, 1.165) is 20.8 Å². The van der Waals surface area contributed by atoms with Gasteiger partial charge in [0, 0.05) is 20.8 Å². The van der Waals surface area contributed by atoms with Crippen molar-refractivity contribution in [2.45, 2.75) is 31.4 Å². The molecule has 1 nitrogen and oxygen atoms in total. The summed E-state index contributed by atoms with van der Waals surface area (Å²) in [7, 11) is 0. The molecule has 0 fully saturated rings. The minimum atomic E-state index is 0.835. The quantitative estimate of drug-likeness (QED) is 0.612. The number of rotatable bonds is 3. The van der Waals surface area contributed by atoms with E-state index in [-0.39, 0.29) is 0 Å². The lowest BCUT2D eigenvalue weighted by Gasteiger charge is -2.12. The van der Waals surface area contributed by atoms with Crippen LogP contribution in [0.25, 0.3) is 0 Å². The zero-order valence-corrected chi connectivity index (χ0v) is 13.9. The van der Waals surface area contributed by atoms with Crippen LogP contribution < -0.4 is 5.73 Å². The first-order valence-corrected chi connectivity index (χ1v) is 8.00. The van der Waals surface area contributed by atoms with Crippen molar-refractivity contribution in [1.29, 1.82) is 0 Å². The molecule has 0 saturated carbocycles. The second-order valence-electron chi connectivity index (χ2n) is 4.85. The lowest BCUT2D eigenvalue weighted by atomic mass is 10.0. The average molecular weight is 336 g/mol. The molecule has 0 amide bonds. The van der Waals surface area contributed by atoms with Crippen molar-refractivity contribution in [3.63, 3.8) is 0 Å². The number of aryl methyl sites for hydroxylation is 3. The predicted octanol–water partition coefficient (Wildman–Crippen LogP) is 5.25. The molecule has 0 heterocycles. The molecule has 0 spiro atoms. The largest absolute Gasteiger partial charge is 0.398 e. The van der Waals surface area contributed by atoms with Gasteiger partial charge in [0.05, 0.1) is 0 Å². The molecule has 0 saturated heterocycles. The van der Waals surface area contributed by atoms with Gasteiger partial charge in [-0.2, -0.15) is 0 Å². The van der Waals surface area contributed by atoms with E-state index in [0.29, 0.717) is 0 Å². The van der Waals surface area contributed by atoms with Crippen LogP contribution in [0.2, 0.25) is 0 Å². The Kier molecular flexibility index (Phi) is 4.58. The maximum absolute atomic E-state index is 6.03. The van der Waals surface area contributed by atoms with Crippen LogP contribution in [0.1, 0.15) is 22.3 Å². The molecule has 0 radical (unpaired) electrons.